The molecular weight excluding hydrogens is 160 g/mol. The summed E-state index contributed by atoms with van der Waals surface area (Å²) in [5.41, 5.74) is 2.62. The number of pyridine rings is 1. The Labute approximate surface area is 78.7 Å². The summed E-state index contributed by atoms with van der Waals surface area (Å²) in [7, 11) is 0. The molecule has 1 N–H and O–H groups in total. The van der Waals surface area contributed by atoms with Crippen LogP contribution in [0.4, 0.5) is 0 Å². The molecule has 0 aliphatic heterocycles. The molecule has 2 heteroatoms. The molecule has 0 saturated heterocycles. The van der Waals surface area contributed by atoms with Gasteiger partial charge in [0.25, 0.3) is 0 Å². The Balaban J connectivity index is 2.13. The summed E-state index contributed by atoms with van der Waals surface area (Å²) in [6.45, 7) is 4.56. The monoisotopic (exact) mass is 174 g/mol. The number of fused-ring (bicyclic) bond motifs is 1. The molecule has 0 amide bonds. The van der Waals surface area contributed by atoms with Crippen LogP contribution in [0.1, 0.15) is 23.7 Å². The average Bonchev–Trinajstić information content (AvgIpc) is 2.58. The zero-order chi connectivity index (χ0) is 9.10. The highest BCUT2D eigenvalue weighted by molar-refractivity contribution is 5.27. The summed E-state index contributed by atoms with van der Waals surface area (Å²) < 4.78 is 0. The van der Waals surface area contributed by atoms with Crippen LogP contribution in [0, 0.1) is 0 Å². The van der Waals surface area contributed by atoms with Crippen molar-refractivity contribution in [2.75, 3.05) is 6.54 Å². The normalized spacial score (nSPS) is 19.8. The number of hydrogen-bond acceptors (Lipinski definition) is 2. The van der Waals surface area contributed by atoms with E-state index in [1.807, 2.05) is 18.3 Å². The van der Waals surface area contributed by atoms with Crippen molar-refractivity contribution in [1.29, 1.82) is 0 Å². The molecular formula is C11H14N2. The molecule has 2 nitrogen and oxygen atoms in total. The fourth-order valence-corrected chi connectivity index (χ4v) is 1.84. The summed E-state index contributed by atoms with van der Waals surface area (Å²) in [5, 5.41) is 3.41. The van der Waals surface area contributed by atoms with E-state index < -0.39 is 0 Å². The van der Waals surface area contributed by atoms with E-state index in [-0.39, 0.29) is 0 Å². The molecule has 68 valence electrons. The van der Waals surface area contributed by atoms with Crippen LogP contribution in [0.25, 0.3) is 0 Å². The number of nitrogens with zero attached hydrogens (tertiary/aromatic N) is 1. The lowest BCUT2D eigenvalue weighted by Gasteiger charge is -2.10. The van der Waals surface area contributed by atoms with Crippen molar-refractivity contribution in [3.05, 3.63) is 42.2 Å². The first-order valence-corrected chi connectivity index (χ1v) is 4.70. The molecule has 2 rings (SSSR count). The predicted molar refractivity (Wildman–Crippen MR) is 53.5 cm³/mol. The van der Waals surface area contributed by atoms with Gasteiger partial charge in [-0.05, 0) is 24.5 Å². The molecule has 13 heavy (non-hydrogen) atoms. The zero-order valence-corrected chi connectivity index (χ0v) is 7.66. The van der Waals surface area contributed by atoms with Crippen LogP contribution in [0.5, 0.6) is 0 Å². The van der Waals surface area contributed by atoms with Gasteiger partial charge in [0, 0.05) is 12.7 Å². The standard InChI is InChI=1S/C11H14N2/c1-2-7-12-10-6-5-9-4-3-8-13-11(9)10/h2-4,8,10,12H,1,5-7H2. The van der Waals surface area contributed by atoms with Crippen LogP contribution in [-0.4, -0.2) is 11.5 Å². The van der Waals surface area contributed by atoms with E-state index in [0.29, 0.717) is 6.04 Å². The van der Waals surface area contributed by atoms with E-state index in [2.05, 4.69) is 22.9 Å². The second-order valence-corrected chi connectivity index (χ2v) is 3.34. The maximum atomic E-state index is 4.40. The van der Waals surface area contributed by atoms with Gasteiger partial charge in [-0.15, -0.1) is 6.58 Å². The van der Waals surface area contributed by atoms with E-state index in [0.717, 1.165) is 13.0 Å². The molecule has 0 fully saturated rings. The summed E-state index contributed by atoms with van der Waals surface area (Å²) in [6, 6.07) is 4.61. The SMILES string of the molecule is C=CCNC1CCc2cccnc21. The molecule has 1 heterocycles. The third kappa shape index (κ3) is 1.63. The number of aryl methyl sites for hydroxylation is 1. The summed E-state index contributed by atoms with van der Waals surface area (Å²) in [6.07, 6.45) is 6.08. The summed E-state index contributed by atoms with van der Waals surface area (Å²) in [5.74, 6) is 0. The largest absolute Gasteiger partial charge is 0.305 e. The Morgan fingerprint density at radius 1 is 1.69 bits per heavy atom. The van der Waals surface area contributed by atoms with E-state index in [9.17, 15) is 0 Å². The van der Waals surface area contributed by atoms with Crippen LogP contribution in [0.3, 0.4) is 0 Å². The van der Waals surface area contributed by atoms with Gasteiger partial charge in [0.15, 0.2) is 0 Å². The fourth-order valence-electron chi connectivity index (χ4n) is 1.84. The van der Waals surface area contributed by atoms with Crippen molar-refractivity contribution < 1.29 is 0 Å². The van der Waals surface area contributed by atoms with Gasteiger partial charge in [0.05, 0.1) is 11.7 Å². The Morgan fingerprint density at radius 3 is 3.46 bits per heavy atom. The van der Waals surface area contributed by atoms with Gasteiger partial charge in [0.2, 0.25) is 0 Å². The molecule has 1 aromatic rings. The lowest BCUT2D eigenvalue weighted by Crippen LogP contribution is -2.19. The van der Waals surface area contributed by atoms with E-state index in [1.165, 1.54) is 17.7 Å². The van der Waals surface area contributed by atoms with Gasteiger partial charge in [-0.3, -0.25) is 4.98 Å². The minimum atomic E-state index is 0.439. The van der Waals surface area contributed by atoms with Gasteiger partial charge in [0.1, 0.15) is 0 Å². The molecule has 0 spiro atoms. The predicted octanol–water partition coefficient (Wildman–Crippen LogP) is 1.84. The van der Waals surface area contributed by atoms with Crippen molar-refractivity contribution in [3.8, 4) is 0 Å². The molecule has 0 saturated carbocycles. The molecule has 0 bridgehead atoms. The Bertz CT molecular complexity index is 307. The fraction of sp³-hybridized carbons (Fsp3) is 0.364. The first kappa shape index (κ1) is 8.45. The van der Waals surface area contributed by atoms with Crippen molar-refractivity contribution in [1.82, 2.24) is 10.3 Å². The molecule has 1 aliphatic carbocycles. The van der Waals surface area contributed by atoms with Crippen LogP contribution < -0.4 is 5.32 Å². The zero-order valence-electron chi connectivity index (χ0n) is 7.66. The summed E-state index contributed by atoms with van der Waals surface area (Å²) in [4.78, 5) is 4.40. The maximum absolute atomic E-state index is 4.40. The van der Waals surface area contributed by atoms with Crippen molar-refractivity contribution in [3.63, 3.8) is 0 Å². The Kier molecular flexibility index (Phi) is 2.41. The van der Waals surface area contributed by atoms with Gasteiger partial charge in [-0.2, -0.15) is 0 Å². The second kappa shape index (κ2) is 3.71. The van der Waals surface area contributed by atoms with Crippen LogP contribution >= 0.6 is 0 Å². The molecule has 0 aromatic carbocycles. The smallest absolute Gasteiger partial charge is 0.0605 e. The third-order valence-corrected chi connectivity index (χ3v) is 2.47. The third-order valence-electron chi connectivity index (χ3n) is 2.47. The van der Waals surface area contributed by atoms with Gasteiger partial charge < -0.3 is 5.32 Å². The average molecular weight is 174 g/mol. The molecule has 1 atom stereocenters. The van der Waals surface area contributed by atoms with E-state index in [4.69, 9.17) is 0 Å². The topological polar surface area (TPSA) is 24.9 Å². The highest BCUT2D eigenvalue weighted by atomic mass is 14.9. The highest BCUT2D eigenvalue weighted by Gasteiger charge is 2.21. The van der Waals surface area contributed by atoms with E-state index in [1.54, 1.807) is 0 Å². The van der Waals surface area contributed by atoms with Crippen LogP contribution in [-0.2, 0) is 6.42 Å². The van der Waals surface area contributed by atoms with Crippen LogP contribution in [0.2, 0.25) is 0 Å². The molecule has 1 aromatic heterocycles. The lowest BCUT2D eigenvalue weighted by atomic mass is 10.2. The number of aromatic nitrogens is 1. The van der Waals surface area contributed by atoms with Gasteiger partial charge in [-0.25, -0.2) is 0 Å². The van der Waals surface area contributed by atoms with Gasteiger partial charge in [-0.1, -0.05) is 12.1 Å². The first-order chi connectivity index (χ1) is 6.42. The number of nitrogens with one attached hydrogen (secondary N) is 1. The minimum absolute atomic E-state index is 0.439. The second-order valence-electron chi connectivity index (χ2n) is 3.34. The van der Waals surface area contributed by atoms with Gasteiger partial charge >= 0.3 is 0 Å². The molecule has 1 unspecified atom stereocenters. The number of rotatable bonds is 3. The lowest BCUT2D eigenvalue weighted by molar-refractivity contribution is 0.553. The molecule has 1 aliphatic rings. The molecule has 0 radical (unpaired) electrons. The quantitative estimate of drug-likeness (QED) is 0.707. The van der Waals surface area contributed by atoms with E-state index >= 15 is 0 Å². The van der Waals surface area contributed by atoms with Crippen molar-refractivity contribution in [2.24, 2.45) is 0 Å². The summed E-state index contributed by atoms with van der Waals surface area (Å²) >= 11 is 0. The van der Waals surface area contributed by atoms with Crippen molar-refractivity contribution >= 4 is 0 Å². The Hall–Kier alpha value is -1.15. The Morgan fingerprint density at radius 2 is 2.62 bits per heavy atom. The number of hydrogen-bond donors (Lipinski definition) is 1. The van der Waals surface area contributed by atoms with Crippen LogP contribution in [0.15, 0.2) is 31.0 Å². The van der Waals surface area contributed by atoms with Crippen molar-refractivity contribution in [2.45, 2.75) is 18.9 Å². The first-order valence-electron chi connectivity index (χ1n) is 4.70. The maximum Gasteiger partial charge on any atom is 0.0605 e. The minimum Gasteiger partial charge on any atom is -0.305 e. The highest BCUT2D eigenvalue weighted by Crippen LogP contribution is 2.28.